The quantitative estimate of drug-likeness (QED) is 0.446. The fourth-order valence-corrected chi connectivity index (χ4v) is 4.40. The van der Waals surface area contributed by atoms with Crippen molar-refractivity contribution in [2.24, 2.45) is 0 Å². The molecule has 10 heteroatoms. The molecule has 4 heterocycles. The minimum atomic E-state index is -0.251. The van der Waals surface area contributed by atoms with E-state index >= 15 is 0 Å². The average Bonchev–Trinajstić information content (AvgIpc) is 3.32. The summed E-state index contributed by atoms with van der Waals surface area (Å²) in [7, 11) is 0. The van der Waals surface area contributed by atoms with Gasteiger partial charge in [-0.25, -0.2) is 19.6 Å². The van der Waals surface area contributed by atoms with E-state index in [0.717, 1.165) is 36.1 Å². The molecule has 0 unspecified atom stereocenters. The standard InChI is InChI=1S/C26H30N8O2/c1-17(2)24-28-18(3)15-22(31-24)32-11-13-33(14-12-32)23(35)10-9-21-29-25-20(26(36)30-21)16-27-34(25)19-7-5-4-6-8-19/h4-8,15-17H,9-14H2,1-3H3,(H,29,30,36). The molecule has 1 fully saturated rings. The van der Waals surface area contributed by atoms with Crippen LogP contribution in [-0.4, -0.2) is 66.7 Å². The predicted molar refractivity (Wildman–Crippen MR) is 137 cm³/mol. The molecule has 0 spiro atoms. The number of aromatic amines is 1. The number of para-hydroxylation sites is 1. The number of H-pyrrole nitrogens is 1. The first-order valence-corrected chi connectivity index (χ1v) is 12.3. The van der Waals surface area contributed by atoms with Gasteiger partial charge in [-0.05, 0) is 19.1 Å². The summed E-state index contributed by atoms with van der Waals surface area (Å²) in [6.07, 6.45) is 2.15. The summed E-state index contributed by atoms with van der Waals surface area (Å²) in [5.74, 6) is 2.56. The van der Waals surface area contributed by atoms with Crippen molar-refractivity contribution in [3.63, 3.8) is 0 Å². The fourth-order valence-electron chi connectivity index (χ4n) is 4.40. The van der Waals surface area contributed by atoms with Gasteiger partial charge < -0.3 is 14.8 Å². The van der Waals surface area contributed by atoms with Gasteiger partial charge in [0.25, 0.3) is 5.56 Å². The van der Waals surface area contributed by atoms with Crippen LogP contribution in [0.1, 0.15) is 43.5 Å². The molecular formula is C26H30N8O2. The average molecular weight is 487 g/mol. The molecule has 0 saturated carbocycles. The van der Waals surface area contributed by atoms with Gasteiger partial charge in [-0.3, -0.25) is 9.59 Å². The number of fused-ring (bicyclic) bond motifs is 1. The lowest BCUT2D eigenvalue weighted by molar-refractivity contribution is -0.131. The number of hydrogen-bond acceptors (Lipinski definition) is 7. The maximum absolute atomic E-state index is 12.9. The lowest BCUT2D eigenvalue weighted by Gasteiger charge is -2.35. The highest BCUT2D eigenvalue weighted by Crippen LogP contribution is 2.19. The summed E-state index contributed by atoms with van der Waals surface area (Å²) < 4.78 is 1.65. The molecule has 1 aliphatic rings. The van der Waals surface area contributed by atoms with Gasteiger partial charge >= 0.3 is 0 Å². The Morgan fingerprint density at radius 3 is 2.53 bits per heavy atom. The van der Waals surface area contributed by atoms with Gasteiger partial charge in [0, 0.05) is 56.7 Å². The summed E-state index contributed by atoms with van der Waals surface area (Å²) in [6, 6.07) is 11.6. The summed E-state index contributed by atoms with van der Waals surface area (Å²) in [5, 5.41) is 4.76. The van der Waals surface area contributed by atoms with E-state index in [4.69, 9.17) is 4.98 Å². The summed E-state index contributed by atoms with van der Waals surface area (Å²) >= 11 is 0. The van der Waals surface area contributed by atoms with E-state index in [1.807, 2.05) is 48.2 Å². The lowest BCUT2D eigenvalue weighted by Crippen LogP contribution is -2.49. The Morgan fingerprint density at radius 2 is 1.81 bits per heavy atom. The zero-order chi connectivity index (χ0) is 25.2. The Bertz CT molecular complexity index is 1440. The molecule has 0 radical (unpaired) electrons. The molecule has 4 aromatic rings. The highest BCUT2D eigenvalue weighted by molar-refractivity contribution is 5.77. The van der Waals surface area contributed by atoms with Crippen molar-refractivity contribution in [3.8, 4) is 5.69 Å². The molecule has 1 aromatic carbocycles. The van der Waals surface area contributed by atoms with E-state index in [1.165, 1.54) is 6.20 Å². The Kier molecular flexibility index (Phi) is 6.49. The van der Waals surface area contributed by atoms with E-state index in [2.05, 4.69) is 38.8 Å². The van der Waals surface area contributed by atoms with Crippen molar-refractivity contribution in [1.29, 1.82) is 0 Å². The van der Waals surface area contributed by atoms with E-state index in [-0.39, 0.29) is 23.8 Å². The number of rotatable bonds is 6. The van der Waals surface area contributed by atoms with Crippen LogP contribution in [-0.2, 0) is 11.2 Å². The van der Waals surface area contributed by atoms with Gasteiger partial charge in [-0.1, -0.05) is 32.0 Å². The molecule has 36 heavy (non-hydrogen) atoms. The highest BCUT2D eigenvalue weighted by Gasteiger charge is 2.23. The number of aromatic nitrogens is 6. The zero-order valence-electron chi connectivity index (χ0n) is 20.8. The number of benzene rings is 1. The second-order valence-corrected chi connectivity index (χ2v) is 9.39. The zero-order valence-corrected chi connectivity index (χ0v) is 20.8. The maximum atomic E-state index is 12.9. The molecule has 1 amide bonds. The summed E-state index contributed by atoms with van der Waals surface area (Å²) in [5.41, 5.74) is 2.01. The maximum Gasteiger partial charge on any atom is 0.262 e. The Hall–Kier alpha value is -4.08. The molecule has 0 aliphatic carbocycles. The number of piperazine rings is 1. The van der Waals surface area contributed by atoms with Crippen LogP contribution >= 0.6 is 0 Å². The Balaban J connectivity index is 1.23. The molecular weight excluding hydrogens is 456 g/mol. The smallest absolute Gasteiger partial charge is 0.262 e. The van der Waals surface area contributed by atoms with Crippen LogP contribution in [0.5, 0.6) is 0 Å². The van der Waals surface area contributed by atoms with Gasteiger partial charge in [0.2, 0.25) is 5.91 Å². The van der Waals surface area contributed by atoms with Crippen LogP contribution < -0.4 is 10.5 Å². The summed E-state index contributed by atoms with van der Waals surface area (Å²) in [4.78, 5) is 46.3. The van der Waals surface area contributed by atoms with Crippen molar-refractivity contribution < 1.29 is 4.79 Å². The molecule has 3 aromatic heterocycles. The van der Waals surface area contributed by atoms with Crippen LogP contribution in [0.2, 0.25) is 0 Å². The third-order valence-corrected chi connectivity index (χ3v) is 6.39. The van der Waals surface area contributed by atoms with Gasteiger partial charge in [0.05, 0.1) is 11.9 Å². The molecule has 1 N–H and O–H groups in total. The number of hydrogen-bond donors (Lipinski definition) is 1. The fraction of sp³-hybridized carbons (Fsp3) is 0.385. The van der Waals surface area contributed by atoms with E-state index in [0.29, 0.717) is 36.4 Å². The second kappa shape index (κ2) is 9.88. The first kappa shape index (κ1) is 23.7. The minimum absolute atomic E-state index is 0.0516. The van der Waals surface area contributed by atoms with Crippen molar-refractivity contribution >= 4 is 22.8 Å². The number of carbonyl (C=O) groups is 1. The first-order chi connectivity index (χ1) is 17.4. The van der Waals surface area contributed by atoms with Gasteiger partial charge in [0.15, 0.2) is 5.65 Å². The van der Waals surface area contributed by atoms with Gasteiger partial charge in [-0.2, -0.15) is 5.10 Å². The second-order valence-electron chi connectivity index (χ2n) is 9.39. The Labute approximate surface area is 209 Å². The Morgan fingerprint density at radius 1 is 1.06 bits per heavy atom. The van der Waals surface area contributed by atoms with E-state index in [9.17, 15) is 9.59 Å². The van der Waals surface area contributed by atoms with Crippen LogP contribution in [0, 0.1) is 6.92 Å². The number of nitrogens with one attached hydrogen (secondary N) is 1. The molecule has 1 saturated heterocycles. The third-order valence-electron chi connectivity index (χ3n) is 6.39. The monoisotopic (exact) mass is 486 g/mol. The largest absolute Gasteiger partial charge is 0.353 e. The number of nitrogens with zero attached hydrogens (tertiary/aromatic N) is 7. The first-order valence-electron chi connectivity index (χ1n) is 12.3. The number of anilines is 1. The predicted octanol–water partition coefficient (Wildman–Crippen LogP) is 2.61. The molecule has 1 aliphatic heterocycles. The molecule has 10 nitrogen and oxygen atoms in total. The normalized spacial score (nSPS) is 14.1. The topological polar surface area (TPSA) is 113 Å². The van der Waals surface area contributed by atoms with Crippen LogP contribution in [0.3, 0.4) is 0 Å². The van der Waals surface area contributed by atoms with Crippen molar-refractivity contribution in [1.82, 2.24) is 34.6 Å². The van der Waals surface area contributed by atoms with Crippen molar-refractivity contribution in [3.05, 3.63) is 70.3 Å². The van der Waals surface area contributed by atoms with Gasteiger partial charge in [0.1, 0.15) is 22.9 Å². The van der Waals surface area contributed by atoms with Gasteiger partial charge in [-0.15, -0.1) is 0 Å². The number of carbonyl (C=O) groups excluding carboxylic acids is 1. The van der Waals surface area contributed by atoms with Crippen LogP contribution in [0.25, 0.3) is 16.7 Å². The molecule has 0 bridgehead atoms. The van der Waals surface area contributed by atoms with Crippen LogP contribution in [0.4, 0.5) is 5.82 Å². The highest BCUT2D eigenvalue weighted by atomic mass is 16.2. The van der Waals surface area contributed by atoms with E-state index < -0.39 is 0 Å². The molecule has 0 atom stereocenters. The SMILES string of the molecule is Cc1cc(N2CCN(C(=O)CCc3nc4c(cnn4-c4ccccc4)c(=O)[nH]3)CC2)nc(C(C)C)n1. The van der Waals surface area contributed by atoms with E-state index in [1.54, 1.807) is 4.68 Å². The number of aryl methyl sites for hydroxylation is 2. The third kappa shape index (κ3) is 4.84. The van der Waals surface area contributed by atoms with Crippen LogP contribution in [0.15, 0.2) is 47.4 Å². The summed E-state index contributed by atoms with van der Waals surface area (Å²) in [6.45, 7) is 8.85. The number of amides is 1. The lowest BCUT2D eigenvalue weighted by atomic mass is 10.2. The van der Waals surface area contributed by atoms with Crippen molar-refractivity contribution in [2.75, 3.05) is 31.1 Å². The van der Waals surface area contributed by atoms with Crippen molar-refractivity contribution in [2.45, 2.75) is 39.5 Å². The minimum Gasteiger partial charge on any atom is -0.353 e. The molecule has 186 valence electrons. The molecule has 5 rings (SSSR count).